The Bertz CT molecular complexity index is 605. The number of hydrogen-bond donors (Lipinski definition) is 0. The first-order chi connectivity index (χ1) is 8.47. The van der Waals surface area contributed by atoms with Gasteiger partial charge in [0.15, 0.2) is 16.8 Å². The highest BCUT2D eigenvalue weighted by atomic mass is 35.5. The highest BCUT2D eigenvalue weighted by Crippen LogP contribution is 2.27. The molecule has 0 aliphatic heterocycles. The van der Waals surface area contributed by atoms with Crippen molar-refractivity contribution in [2.75, 3.05) is 0 Å². The molecule has 0 saturated heterocycles. The van der Waals surface area contributed by atoms with E-state index in [1.807, 2.05) is 0 Å². The van der Waals surface area contributed by atoms with E-state index in [1.165, 1.54) is 6.07 Å². The van der Waals surface area contributed by atoms with Gasteiger partial charge in [-0.2, -0.15) is 0 Å². The van der Waals surface area contributed by atoms with Gasteiger partial charge in [0.1, 0.15) is 5.75 Å². The number of hydrogen-bond acceptors (Lipinski definition) is 3. The lowest BCUT2D eigenvalue weighted by Gasteiger charge is -2.08. The van der Waals surface area contributed by atoms with Crippen molar-refractivity contribution < 1.29 is 13.5 Å². The maximum Gasteiger partial charge on any atom is 0.257 e. The van der Waals surface area contributed by atoms with Crippen LogP contribution in [0, 0.1) is 25.5 Å². The van der Waals surface area contributed by atoms with E-state index in [-0.39, 0.29) is 16.8 Å². The van der Waals surface area contributed by atoms with Crippen molar-refractivity contribution in [2.24, 2.45) is 0 Å². The molecule has 0 saturated carbocycles. The number of aryl methyl sites for hydroxylation is 2. The Morgan fingerprint density at radius 3 is 2.39 bits per heavy atom. The zero-order valence-corrected chi connectivity index (χ0v) is 10.4. The van der Waals surface area contributed by atoms with Crippen LogP contribution in [-0.4, -0.2) is 9.97 Å². The lowest BCUT2D eigenvalue weighted by Crippen LogP contribution is -1.97. The van der Waals surface area contributed by atoms with E-state index in [9.17, 15) is 8.78 Å². The first-order valence-corrected chi connectivity index (χ1v) is 5.49. The summed E-state index contributed by atoms with van der Waals surface area (Å²) in [6.45, 7) is 3.51. The van der Waals surface area contributed by atoms with E-state index in [0.717, 1.165) is 12.1 Å². The van der Waals surface area contributed by atoms with E-state index < -0.39 is 11.6 Å². The molecule has 0 aliphatic rings. The smallest absolute Gasteiger partial charge is 0.257 e. The maximum atomic E-state index is 13.0. The summed E-state index contributed by atoms with van der Waals surface area (Å²) < 4.78 is 31.0. The molecule has 0 aliphatic carbocycles. The Hall–Kier alpha value is -1.75. The molecule has 0 amide bonds. The van der Waals surface area contributed by atoms with Crippen molar-refractivity contribution in [3.63, 3.8) is 0 Å². The lowest BCUT2D eigenvalue weighted by atomic mass is 10.3. The van der Waals surface area contributed by atoms with Crippen LogP contribution in [0.2, 0.25) is 5.15 Å². The lowest BCUT2D eigenvalue weighted by molar-refractivity contribution is 0.444. The molecule has 6 heteroatoms. The summed E-state index contributed by atoms with van der Waals surface area (Å²) in [6, 6.07) is 3.17. The second-order valence-corrected chi connectivity index (χ2v) is 4.03. The predicted octanol–water partition coefficient (Wildman–Crippen LogP) is 3.82. The van der Waals surface area contributed by atoms with Gasteiger partial charge in [0.25, 0.3) is 5.88 Å². The summed E-state index contributed by atoms with van der Waals surface area (Å²) >= 11 is 5.86. The quantitative estimate of drug-likeness (QED) is 0.832. The van der Waals surface area contributed by atoms with Gasteiger partial charge in [0.05, 0.1) is 11.4 Å². The fourth-order valence-corrected chi connectivity index (χ4v) is 1.48. The second kappa shape index (κ2) is 4.86. The van der Waals surface area contributed by atoms with E-state index >= 15 is 0 Å². The van der Waals surface area contributed by atoms with Crippen LogP contribution in [0.3, 0.4) is 0 Å². The zero-order chi connectivity index (χ0) is 13.3. The molecule has 0 fully saturated rings. The van der Waals surface area contributed by atoms with Crippen LogP contribution in [0.1, 0.15) is 11.4 Å². The minimum atomic E-state index is -1.000. The van der Waals surface area contributed by atoms with E-state index in [1.54, 1.807) is 13.8 Å². The number of halogens is 3. The van der Waals surface area contributed by atoms with Crippen molar-refractivity contribution in [3.8, 4) is 11.6 Å². The Balaban J connectivity index is 2.34. The molecule has 1 heterocycles. The van der Waals surface area contributed by atoms with Gasteiger partial charge in [-0.05, 0) is 26.0 Å². The molecular weight excluding hydrogens is 262 g/mol. The normalized spacial score (nSPS) is 10.5. The number of nitrogens with zero attached hydrogens (tertiary/aromatic N) is 2. The molecule has 0 spiro atoms. The molecule has 2 rings (SSSR count). The number of ether oxygens (including phenoxy) is 1. The summed E-state index contributed by atoms with van der Waals surface area (Å²) in [4.78, 5) is 8.11. The molecule has 3 nitrogen and oxygen atoms in total. The van der Waals surface area contributed by atoms with Crippen LogP contribution in [-0.2, 0) is 0 Å². The molecule has 0 N–H and O–H groups in total. The summed E-state index contributed by atoms with van der Waals surface area (Å²) in [5.41, 5.74) is 1.33. The van der Waals surface area contributed by atoms with Gasteiger partial charge in [-0.25, -0.2) is 18.7 Å². The molecule has 0 atom stereocenters. The van der Waals surface area contributed by atoms with Crippen LogP contribution in [0.5, 0.6) is 11.6 Å². The first kappa shape index (κ1) is 12.7. The fraction of sp³-hybridized carbons (Fsp3) is 0.167. The van der Waals surface area contributed by atoms with Crippen molar-refractivity contribution >= 4 is 11.6 Å². The molecule has 0 bridgehead atoms. The summed E-state index contributed by atoms with van der Waals surface area (Å²) in [5, 5.41) is 0.0721. The Labute approximate surface area is 107 Å². The first-order valence-electron chi connectivity index (χ1n) is 5.11. The van der Waals surface area contributed by atoms with Crippen molar-refractivity contribution in [1.29, 1.82) is 0 Å². The van der Waals surface area contributed by atoms with E-state index in [0.29, 0.717) is 11.4 Å². The van der Waals surface area contributed by atoms with Gasteiger partial charge in [0, 0.05) is 6.07 Å². The van der Waals surface area contributed by atoms with Crippen molar-refractivity contribution in [1.82, 2.24) is 9.97 Å². The molecule has 2 aromatic rings. The third kappa shape index (κ3) is 2.56. The van der Waals surface area contributed by atoms with Gasteiger partial charge in [-0.3, -0.25) is 0 Å². The average Bonchev–Trinajstić information content (AvgIpc) is 2.31. The van der Waals surface area contributed by atoms with Crippen LogP contribution < -0.4 is 4.74 Å². The van der Waals surface area contributed by atoms with Gasteiger partial charge < -0.3 is 4.74 Å². The fourth-order valence-electron chi connectivity index (χ4n) is 1.27. The average molecular weight is 271 g/mol. The molecule has 94 valence electrons. The third-order valence-corrected chi connectivity index (χ3v) is 2.59. The van der Waals surface area contributed by atoms with Gasteiger partial charge in [0.2, 0.25) is 0 Å². The van der Waals surface area contributed by atoms with Gasteiger partial charge in [-0.15, -0.1) is 0 Å². The second-order valence-electron chi connectivity index (χ2n) is 3.67. The highest BCUT2D eigenvalue weighted by molar-refractivity contribution is 6.30. The number of rotatable bonds is 2. The van der Waals surface area contributed by atoms with Crippen molar-refractivity contribution in [3.05, 3.63) is 46.4 Å². The van der Waals surface area contributed by atoms with Crippen LogP contribution in [0.25, 0.3) is 0 Å². The Kier molecular flexibility index (Phi) is 3.43. The maximum absolute atomic E-state index is 13.0. The van der Waals surface area contributed by atoms with E-state index in [4.69, 9.17) is 16.3 Å². The van der Waals surface area contributed by atoms with Gasteiger partial charge >= 0.3 is 0 Å². The standard InChI is InChI=1S/C12H9ClF2N2O/c1-6-7(2)17-12(11(13)16-6)18-8-3-4-9(14)10(15)5-8/h3-5H,1-2H3. The molecule has 18 heavy (non-hydrogen) atoms. The monoisotopic (exact) mass is 270 g/mol. The summed E-state index contributed by atoms with van der Waals surface area (Å²) in [6.07, 6.45) is 0. The van der Waals surface area contributed by atoms with Crippen LogP contribution >= 0.6 is 11.6 Å². The minimum absolute atomic E-state index is 0.0609. The predicted molar refractivity (Wildman–Crippen MR) is 62.9 cm³/mol. The molecule has 1 aromatic carbocycles. The summed E-state index contributed by atoms with van der Waals surface area (Å²) in [5.74, 6) is -1.78. The highest BCUT2D eigenvalue weighted by Gasteiger charge is 2.11. The number of benzene rings is 1. The Morgan fingerprint density at radius 2 is 1.72 bits per heavy atom. The zero-order valence-electron chi connectivity index (χ0n) is 9.67. The third-order valence-electron chi connectivity index (χ3n) is 2.34. The summed E-state index contributed by atoms with van der Waals surface area (Å²) in [7, 11) is 0. The van der Waals surface area contributed by atoms with Crippen LogP contribution in [0.4, 0.5) is 8.78 Å². The topological polar surface area (TPSA) is 35.0 Å². The largest absolute Gasteiger partial charge is 0.436 e. The number of aromatic nitrogens is 2. The molecule has 1 aromatic heterocycles. The SMILES string of the molecule is Cc1nc(Cl)c(Oc2ccc(F)c(F)c2)nc1C. The van der Waals surface area contributed by atoms with Crippen molar-refractivity contribution in [2.45, 2.75) is 13.8 Å². The molecule has 0 radical (unpaired) electrons. The van der Waals surface area contributed by atoms with Crippen LogP contribution in [0.15, 0.2) is 18.2 Å². The molecular formula is C12H9ClF2N2O. The Morgan fingerprint density at radius 1 is 1.06 bits per heavy atom. The van der Waals surface area contributed by atoms with Gasteiger partial charge in [-0.1, -0.05) is 11.6 Å². The minimum Gasteiger partial charge on any atom is -0.436 e. The van der Waals surface area contributed by atoms with E-state index in [2.05, 4.69) is 9.97 Å². The molecule has 0 unspecified atom stereocenters.